The number of amides is 1. The first-order valence-corrected chi connectivity index (χ1v) is 9.62. The van der Waals surface area contributed by atoms with Gasteiger partial charge in [-0.25, -0.2) is 12.8 Å². The van der Waals surface area contributed by atoms with E-state index in [1.54, 1.807) is 6.92 Å². The van der Waals surface area contributed by atoms with Crippen molar-refractivity contribution in [1.29, 1.82) is 0 Å². The van der Waals surface area contributed by atoms with Crippen LogP contribution in [0.5, 0.6) is 0 Å². The third-order valence-electron chi connectivity index (χ3n) is 4.40. The topological polar surface area (TPSA) is 89.3 Å². The molecule has 0 saturated heterocycles. The molecule has 23 heavy (non-hydrogen) atoms. The maximum Gasteiger partial charge on any atom is 0.220 e. The summed E-state index contributed by atoms with van der Waals surface area (Å²) in [6.07, 6.45) is 4.29. The van der Waals surface area contributed by atoms with Gasteiger partial charge in [-0.1, -0.05) is 12.5 Å². The number of carbonyl (C=O) groups excluding carboxylic acids is 1. The monoisotopic (exact) mass is 342 g/mol. The molecule has 0 aromatic heterocycles. The Balaban J connectivity index is 2.01. The second-order valence-corrected chi connectivity index (χ2v) is 8.29. The molecule has 3 N–H and O–H groups in total. The van der Waals surface area contributed by atoms with Crippen LogP contribution in [-0.2, 0) is 14.6 Å². The summed E-state index contributed by atoms with van der Waals surface area (Å²) in [4.78, 5) is 11.7. The summed E-state index contributed by atoms with van der Waals surface area (Å²) < 4.78 is 36.7. The Bertz CT molecular complexity index is 691. The molecule has 1 amide bonds. The fourth-order valence-electron chi connectivity index (χ4n) is 3.03. The van der Waals surface area contributed by atoms with Gasteiger partial charge in [0.1, 0.15) is 10.7 Å². The van der Waals surface area contributed by atoms with E-state index in [1.165, 1.54) is 12.1 Å². The van der Waals surface area contributed by atoms with E-state index in [2.05, 4.69) is 5.32 Å². The third kappa shape index (κ3) is 4.51. The number of sulfone groups is 1. The molecule has 7 heteroatoms. The van der Waals surface area contributed by atoms with E-state index >= 15 is 0 Å². The maximum atomic E-state index is 13.9. The molecular weight excluding hydrogens is 319 g/mol. The Morgan fingerprint density at radius 1 is 1.43 bits per heavy atom. The summed E-state index contributed by atoms with van der Waals surface area (Å²) in [7, 11) is -3.60. The molecule has 0 spiro atoms. The molecule has 0 heterocycles. The van der Waals surface area contributed by atoms with E-state index in [0.29, 0.717) is 12.0 Å². The lowest BCUT2D eigenvalue weighted by atomic mass is 9.99. The van der Waals surface area contributed by atoms with E-state index in [4.69, 9.17) is 5.73 Å². The van der Waals surface area contributed by atoms with Crippen LogP contribution in [-0.4, -0.2) is 26.6 Å². The predicted octanol–water partition coefficient (Wildman–Crippen LogP) is 1.92. The highest BCUT2D eigenvalue weighted by molar-refractivity contribution is 7.90. The molecular formula is C16H23FN2O3S. The van der Waals surface area contributed by atoms with E-state index < -0.39 is 21.7 Å². The minimum atomic E-state index is -3.60. The van der Waals surface area contributed by atoms with Crippen LogP contribution < -0.4 is 11.1 Å². The number of halogens is 1. The van der Waals surface area contributed by atoms with E-state index in [0.717, 1.165) is 31.6 Å². The third-order valence-corrected chi connectivity index (χ3v) is 5.53. The lowest BCUT2D eigenvalue weighted by Gasteiger charge is -2.18. The van der Waals surface area contributed by atoms with Crippen LogP contribution in [0.15, 0.2) is 23.1 Å². The van der Waals surface area contributed by atoms with Crippen molar-refractivity contribution < 1.29 is 17.6 Å². The van der Waals surface area contributed by atoms with Crippen molar-refractivity contribution in [2.45, 2.75) is 49.6 Å². The molecule has 2 rings (SSSR count). The molecule has 0 bridgehead atoms. The van der Waals surface area contributed by atoms with Crippen molar-refractivity contribution in [3.05, 3.63) is 29.6 Å². The van der Waals surface area contributed by atoms with Crippen molar-refractivity contribution in [2.75, 3.05) is 6.26 Å². The highest BCUT2D eigenvalue weighted by Crippen LogP contribution is 2.27. The SMILES string of the molecule is CC(NC(=O)C[C@@H]1CCC[C@H]1N)c1ccc(S(C)(=O)=O)c(F)c1. The zero-order chi connectivity index (χ0) is 17.2. The molecule has 1 aromatic rings. The Hall–Kier alpha value is -1.47. The molecule has 3 atom stereocenters. The van der Waals surface area contributed by atoms with Crippen LogP contribution in [0, 0.1) is 11.7 Å². The number of hydrogen-bond donors (Lipinski definition) is 2. The number of rotatable bonds is 5. The fourth-order valence-corrected chi connectivity index (χ4v) is 3.76. The molecule has 5 nitrogen and oxygen atoms in total. The zero-order valence-corrected chi connectivity index (χ0v) is 14.2. The second-order valence-electron chi connectivity index (χ2n) is 6.31. The normalized spacial score (nSPS) is 22.8. The first kappa shape index (κ1) is 17.9. The van der Waals surface area contributed by atoms with E-state index in [-0.39, 0.29) is 22.8 Å². The van der Waals surface area contributed by atoms with Gasteiger partial charge in [0.25, 0.3) is 0 Å². The van der Waals surface area contributed by atoms with Crippen molar-refractivity contribution in [2.24, 2.45) is 11.7 Å². The minimum absolute atomic E-state index is 0.0718. The van der Waals surface area contributed by atoms with Crippen molar-refractivity contribution >= 4 is 15.7 Å². The highest BCUT2D eigenvalue weighted by Gasteiger charge is 2.26. The van der Waals surface area contributed by atoms with Crippen molar-refractivity contribution in [3.8, 4) is 0 Å². The minimum Gasteiger partial charge on any atom is -0.350 e. The zero-order valence-electron chi connectivity index (χ0n) is 13.4. The first-order chi connectivity index (χ1) is 10.7. The Morgan fingerprint density at radius 2 is 2.13 bits per heavy atom. The van der Waals surface area contributed by atoms with Crippen molar-refractivity contribution in [3.63, 3.8) is 0 Å². The van der Waals surface area contributed by atoms with Gasteiger partial charge in [0, 0.05) is 18.7 Å². The smallest absolute Gasteiger partial charge is 0.220 e. The molecule has 1 aliphatic rings. The van der Waals surface area contributed by atoms with Gasteiger partial charge in [-0.05, 0) is 43.4 Å². The molecule has 1 fully saturated rings. The van der Waals surface area contributed by atoms with E-state index in [9.17, 15) is 17.6 Å². The van der Waals surface area contributed by atoms with E-state index in [1.807, 2.05) is 0 Å². The summed E-state index contributed by atoms with van der Waals surface area (Å²) in [5.41, 5.74) is 6.49. The molecule has 0 radical (unpaired) electrons. The summed E-state index contributed by atoms with van der Waals surface area (Å²) in [5, 5.41) is 2.82. The highest BCUT2D eigenvalue weighted by atomic mass is 32.2. The van der Waals surface area contributed by atoms with Gasteiger partial charge >= 0.3 is 0 Å². The van der Waals surface area contributed by atoms with Crippen LogP contribution in [0.1, 0.15) is 44.2 Å². The van der Waals surface area contributed by atoms with Crippen LogP contribution in [0.2, 0.25) is 0 Å². The van der Waals surface area contributed by atoms with Gasteiger partial charge < -0.3 is 11.1 Å². The fraction of sp³-hybridized carbons (Fsp3) is 0.562. The van der Waals surface area contributed by atoms with Gasteiger partial charge in [-0.2, -0.15) is 0 Å². The standard InChI is InChI=1S/C16H23FN2O3S/c1-10(19-16(20)9-12-4-3-5-14(12)18)11-6-7-15(13(17)8-11)23(2,21)22/h6-8,10,12,14H,3-5,9,18H2,1-2H3,(H,19,20)/t10?,12-,14+/m0/s1. The maximum absolute atomic E-state index is 13.9. The number of benzene rings is 1. The summed E-state index contributed by atoms with van der Waals surface area (Å²) in [6.45, 7) is 1.74. The average Bonchev–Trinajstić information content (AvgIpc) is 2.82. The summed E-state index contributed by atoms with van der Waals surface area (Å²) in [6, 6.07) is 3.58. The molecule has 1 unspecified atom stereocenters. The largest absolute Gasteiger partial charge is 0.350 e. The summed E-state index contributed by atoms with van der Waals surface area (Å²) >= 11 is 0. The average molecular weight is 342 g/mol. The Kier molecular flexibility index (Phi) is 5.41. The van der Waals surface area contributed by atoms with Gasteiger partial charge in [0.15, 0.2) is 9.84 Å². The number of hydrogen-bond acceptors (Lipinski definition) is 4. The molecule has 1 saturated carbocycles. The number of carbonyl (C=O) groups is 1. The predicted molar refractivity (Wildman–Crippen MR) is 86.0 cm³/mol. The lowest BCUT2D eigenvalue weighted by Crippen LogP contribution is -2.32. The Morgan fingerprint density at radius 3 is 2.65 bits per heavy atom. The Labute approximate surface area is 136 Å². The lowest BCUT2D eigenvalue weighted by molar-refractivity contribution is -0.122. The molecule has 1 aromatic carbocycles. The first-order valence-electron chi connectivity index (χ1n) is 7.73. The van der Waals surface area contributed by atoms with Crippen LogP contribution in [0.25, 0.3) is 0 Å². The van der Waals surface area contributed by atoms with Crippen LogP contribution in [0.3, 0.4) is 0 Å². The van der Waals surface area contributed by atoms with Gasteiger partial charge in [-0.3, -0.25) is 4.79 Å². The molecule has 1 aliphatic carbocycles. The van der Waals surface area contributed by atoms with Crippen LogP contribution >= 0.6 is 0 Å². The quantitative estimate of drug-likeness (QED) is 0.855. The number of nitrogens with one attached hydrogen (secondary N) is 1. The number of nitrogens with two attached hydrogens (primary N) is 1. The second kappa shape index (κ2) is 6.97. The van der Waals surface area contributed by atoms with Gasteiger partial charge in [0.05, 0.1) is 6.04 Å². The van der Waals surface area contributed by atoms with Crippen LogP contribution in [0.4, 0.5) is 4.39 Å². The molecule has 128 valence electrons. The molecule has 0 aliphatic heterocycles. The van der Waals surface area contributed by atoms with Crippen molar-refractivity contribution in [1.82, 2.24) is 5.32 Å². The van der Waals surface area contributed by atoms with Gasteiger partial charge in [-0.15, -0.1) is 0 Å². The van der Waals surface area contributed by atoms with Gasteiger partial charge in [0.2, 0.25) is 5.91 Å². The summed E-state index contributed by atoms with van der Waals surface area (Å²) in [5.74, 6) is -0.720.